The van der Waals surface area contributed by atoms with Crippen LogP contribution in [0, 0.1) is 12.2 Å². The summed E-state index contributed by atoms with van der Waals surface area (Å²) in [5.41, 5.74) is 11.0. The molecule has 2 aliphatic rings. The van der Waals surface area contributed by atoms with Crippen LogP contribution in [0.1, 0.15) is 12.5 Å². The van der Waals surface area contributed by atoms with Gasteiger partial charge in [0.15, 0.2) is 46.4 Å². The molecule has 0 aromatic carbocycles. The van der Waals surface area contributed by atoms with Gasteiger partial charge in [-0.05, 0) is 0 Å². The lowest BCUT2D eigenvalue weighted by Crippen LogP contribution is -2.33. The van der Waals surface area contributed by atoms with E-state index in [1.165, 1.54) is 0 Å². The topological polar surface area (TPSA) is 372 Å². The molecule has 0 spiro atoms. The Bertz CT molecular complexity index is 1760. The average molecular weight is 730 g/mol. The van der Waals surface area contributed by atoms with Gasteiger partial charge in [0.05, 0.1) is 25.9 Å². The summed E-state index contributed by atoms with van der Waals surface area (Å²) in [6.07, 6.45) is -10.9. The zero-order valence-corrected chi connectivity index (χ0v) is 25.4. The number of rotatable bonds is 8. The van der Waals surface area contributed by atoms with E-state index in [0.29, 0.717) is 0 Å². The summed E-state index contributed by atoms with van der Waals surface area (Å²) < 4.78 is 69.6. The molecule has 2 fully saturated rings. The smallest absolute Gasteiger partial charge is 0.387 e. The van der Waals surface area contributed by atoms with Crippen molar-refractivity contribution >= 4 is 49.6 Å². The maximum atomic E-state index is 13.3. The van der Waals surface area contributed by atoms with E-state index in [0.717, 1.165) is 21.8 Å². The third-order valence-electron chi connectivity index (χ3n) is 6.88. The number of halogens is 2. The number of hydrogen-bond acceptors (Lipinski definition) is 18. The van der Waals surface area contributed by atoms with Gasteiger partial charge in [0.2, 0.25) is 0 Å². The Hall–Kier alpha value is -3.46. The van der Waals surface area contributed by atoms with Crippen molar-refractivity contribution in [1.29, 1.82) is 0 Å². The van der Waals surface area contributed by atoms with Crippen LogP contribution in [0.3, 0.4) is 0 Å². The molecule has 6 rings (SSSR count). The molecule has 0 unspecified atom stereocenters. The second kappa shape index (κ2) is 13.4. The van der Waals surface area contributed by atoms with Crippen LogP contribution in [0.5, 0.6) is 0 Å². The Kier molecular flexibility index (Phi) is 10.0. The normalized spacial score (nSPS) is 27.9. The van der Waals surface area contributed by atoms with Crippen molar-refractivity contribution in [3.63, 3.8) is 0 Å². The fourth-order valence-electron chi connectivity index (χ4n) is 4.73. The van der Waals surface area contributed by atoms with Gasteiger partial charge in [-0.1, -0.05) is 0 Å². The second-order valence-electron chi connectivity index (χ2n) is 10.1. The van der Waals surface area contributed by atoms with Crippen molar-refractivity contribution < 1.29 is 76.4 Å². The molecule has 0 aliphatic carbocycles. The van der Waals surface area contributed by atoms with Crippen molar-refractivity contribution in [2.45, 2.75) is 49.1 Å². The predicted molar refractivity (Wildman–Crippen MR) is 147 cm³/mol. The molecule has 0 saturated carbocycles. The molecule has 28 heteroatoms. The first-order valence-electron chi connectivity index (χ1n) is 13.1. The van der Waals surface area contributed by atoms with Crippen LogP contribution in [0.2, 0.25) is 0 Å². The van der Waals surface area contributed by atoms with Gasteiger partial charge >= 0.3 is 27.8 Å². The largest absolute Gasteiger partial charge is 0.469 e. The number of aliphatic hydroxyl groups is 4. The summed E-state index contributed by atoms with van der Waals surface area (Å²) in [6.45, 7) is -1.34. The van der Waals surface area contributed by atoms with Crippen LogP contribution >= 0.6 is 15.6 Å². The monoisotopic (exact) mass is 730 g/mol. The third-order valence-corrected chi connectivity index (χ3v) is 7.85. The number of fused-ring (bicyclic) bond motifs is 2. The van der Waals surface area contributed by atoms with Crippen LogP contribution in [0.25, 0.3) is 22.3 Å². The van der Waals surface area contributed by atoms with Crippen LogP contribution in [0.4, 0.5) is 20.4 Å². The van der Waals surface area contributed by atoms with Gasteiger partial charge < -0.3 is 60.9 Å². The van der Waals surface area contributed by atoms with Gasteiger partial charge in [0, 0.05) is 0 Å². The van der Waals surface area contributed by atoms with Crippen molar-refractivity contribution in [3.8, 4) is 0 Å². The molecule has 24 nitrogen and oxygen atoms in total. The molecule has 264 valence electrons. The third kappa shape index (κ3) is 7.56. The number of hydrogen-bond donors (Lipinski definition) is 10. The molecule has 2 saturated heterocycles. The number of phosphoric ester groups is 2. The summed E-state index contributed by atoms with van der Waals surface area (Å²) in [6, 6.07) is 0. The van der Waals surface area contributed by atoms with E-state index in [1.807, 2.05) is 0 Å². The number of anilines is 2. The lowest BCUT2D eigenvalue weighted by atomic mass is 10.1. The zero-order valence-electron chi connectivity index (χ0n) is 23.6. The molecule has 48 heavy (non-hydrogen) atoms. The lowest BCUT2D eigenvalue weighted by Gasteiger charge is -2.16. The Balaban J connectivity index is 0.000000188. The van der Waals surface area contributed by atoms with Gasteiger partial charge in [-0.25, -0.2) is 19.1 Å². The number of nitrogens with zero attached hydrogens (tertiary/aromatic N) is 8. The quantitative estimate of drug-likeness (QED) is 0.0622. The maximum absolute atomic E-state index is 13.3. The number of imidazole rings is 2. The lowest BCUT2D eigenvalue weighted by molar-refractivity contribution is -0.0504. The molecule has 0 amide bonds. The van der Waals surface area contributed by atoms with E-state index >= 15 is 0 Å². The standard InChI is InChI=1S/2C10H13FN5O7P/c2*11-10-14-7(12)4-8(15-10)16(2-13-4)9-6(18)5(17)3(23-9)1-22-24(19,20)21/h2*2-3,5-6,9,17-18H,1H2,(H2,12,14,15)(H2,19,20,21)/t2*3-,5-,6+,9-/m11/s1. The van der Waals surface area contributed by atoms with E-state index in [1.54, 1.807) is 0 Å². The first-order valence-corrected chi connectivity index (χ1v) is 16.1. The van der Waals surface area contributed by atoms with Crippen molar-refractivity contribution in [3.05, 3.63) is 24.8 Å². The van der Waals surface area contributed by atoms with Crippen LogP contribution in [0.15, 0.2) is 12.7 Å². The highest BCUT2D eigenvalue weighted by Gasteiger charge is 2.46. The predicted octanol–water partition coefficient (Wildman–Crippen LogP) is -3.45. The number of aliphatic hydroxyl groups excluding tert-OH is 4. The summed E-state index contributed by atoms with van der Waals surface area (Å²) in [4.78, 5) is 56.2. The zero-order chi connectivity index (χ0) is 35.3. The number of nitrogens with two attached hydrogens (primary N) is 2. The van der Waals surface area contributed by atoms with Crippen LogP contribution in [-0.2, 0) is 27.7 Å². The Morgan fingerprint density at radius 1 is 0.688 bits per heavy atom. The van der Waals surface area contributed by atoms with Gasteiger partial charge in [-0.3, -0.25) is 18.2 Å². The van der Waals surface area contributed by atoms with Crippen LogP contribution < -0.4 is 11.5 Å². The van der Waals surface area contributed by atoms with Crippen molar-refractivity contribution in [1.82, 2.24) is 39.0 Å². The average Bonchev–Trinajstić information content (AvgIpc) is 3.72. The number of ether oxygens (including phenoxy) is 2. The number of nitrogen functional groups attached to an aromatic ring is 2. The Morgan fingerprint density at radius 2 is 1.04 bits per heavy atom. The molecule has 4 aromatic heterocycles. The Labute approximate surface area is 264 Å². The van der Waals surface area contributed by atoms with E-state index < -0.39 is 90.1 Å². The first kappa shape index (κ1) is 35.8. The fourth-order valence-corrected chi connectivity index (χ4v) is 5.41. The molecule has 6 heterocycles. The second-order valence-corrected chi connectivity index (χ2v) is 12.5. The molecular weight excluding hydrogens is 704 g/mol. The maximum Gasteiger partial charge on any atom is 0.469 e. The molecule has 0 radical (unpaired) electrons. The summed E-state index contributed by atoms with van der Waals surface area (Å²) >= 11 is 0. The van der Waals surface area contributed by atoms with Crippen LogP contribution in [-0.4, -0.2) is 129 Å². The van der Waals surface area contributed by atoms with Crippen molar-refractivity contribution in [2.24, 2.45) is 0 Å². The minimum Gasteiger partial charge on any atom is -0.387 e. The van der Waals surface area contributed by atoms with Gasteiger partial charge in [-0.2, -0.15) is 28.7 Å². The molecule has 4 aromatic rings. The highest BCUT2D eigenvalue weighted by Crippen LogP contribution is 2.40. The van der Waals surface area contributed by atoms with Crippen molar-refractivity contribution in [2.75, 3.05) is 24.7 Å². The number of phosphoric acid groups is 2. The van der Waals surface area contributed by atoms with Gasteiger partial charge in [-0.15, -0.1) is 0 Å². The van der Waals surface area contributed by atoms with E-state index in [2.05, 4.69) is 39.0 Å². The Morgan fingerprint density at radius 3 is 1.38 bits per heavy atom. The molecule has 0 bridgehead atoms. The molecule has 2 aliphatic heterocycles. The van der Waals surface area contributed by atoms with E-state index in [-0.39, 0.29) is 34.0 Å². The molecule has 8 atom stereocenters. The first-order chi connectivity index (χ1) is 22.3. The summed E-state index contributed by atoms with van der Waals surface area (Å²) in [5, 5.41) is 40.0. The highest BCUT2D eigenvalue weighted by atomic mass is 31.2. The minimum absolute atomic E-state index is 0.0663. The summed E-state index contributed by atoms with van der Waals surface area (Å²) in [7, 11) is -9.55. The fraction of sp³-hybridized carbons (Fsp3) is 0.500. The van der Waals surface area contributed by atoms with Gasteiger partial charge in [0.25, 0.3) is 0 Å². The molecule has 12 N–H and O–H groups in total. The van der Waals surface area contributed by atoms with E-state index in [9.17, 15) is 38.3 Å². The minimum atomic E-state index is -4.78. The van der Waals surface area contributed by atoms with Gasteiger partial charge in [0.1, 0.15) is 36.6 Å². The van der Waals surface area contributed by atoms with E-state index in [4.69, 9.17) is 40.5 Å². The molecular formula is C20H26F2N10O14P2. The summed E-state index contributed by atoms with van der Waals surface area (Å²) in [5.74, 6) is -0.434. The highest BCUT2D eigenvalue weighted by molar-refractivity contribution is 7.46. The SMILES string of the molecule is Nc1nc(F)nc2c1ncn2[C@@H]1O[C@H](COP(=O)(O)O)[C@@H](O)[C@@H]1O.Nc1nc(F)nc2c1ncn2[C@@H]1O[C@H](COP(=O)(O)O)[C@@H](O)[C@@H]1O. The number of aromatic nitrogens is 8.